The highest BCUT2D eigenvalue weighted by Gasteiger charge is 2.20. The Balaban J connectivity index is 1.55. The minimum absolute atomic E-state index is 0.132. The van der Waals surface area contributed by atoms with Crippen LogP contribution >= 0.6 is 0 Å². The average molecular weight is 410 g/mol. The maximum absolute atomic E-state index is 13.2. The Hall–Kier alpha value is -3.26. The fourth-order valence-corrected chi connectivity index (χ4v) is 3.68. The number of anilines is 1. The van der Waals surface area contributed by atoms with E-state index in [0.717, 1.165) is 16.7 Å². The Morgan fingerprint density at radius 2 is 1.87 bits per heavy atom. The molecule has 7 nitrogen and oxygen atoms in total. The van der Waals surface area contributed by atoms with Crippen molar-refractivity contribution in [1.29, 1.82) is 0 Å². The fourth-order valence-electron chi connectivity index (χ4n) is 3.68. The van der Waals surface area contributed by atoms with Gasteiger partial charge in [-0.25, -0.2) is 18.5 Å². The van der Waals surface area contributed by atoms with Crippen LogP contribution in [0, 0.1) is 5.82 Å². The van der Waals surface area contributed by atoms with Gasteiger partial charge in [0.05, 0.1) is 6.04 Å². The van der Waals surface area contributed by atoms with Crippen LogP contribution in [0.15, 0.2) is 58.1 Å². The predicted molar refractivity (Wildman–Crippen MR) is 112 cm³/mol. The van der Waals surface area contributed by atoms with Crippen LogP contribution in [0.5, 0.6) is 0 Å². The molecule has 1 aliphatic heterocycles. The van der Waals surface area contributed by atoms with E-state index in [0.29, 0.717) is 26.1 Å². The van der Waals surface area contributed by atoms with Gasteiger partial charge in [-0.2, -0.15) is 4.98 Å². The largest absolute Gasteiger partial charge is 0.381 e. The third kappa shape index (κ3) is 4.33. The number of aromatic amines is 1. The molecule has 1 saturated heterocycles. The van der Waals surface area contributed by atoms with Gasteiger partial charge in [-0.3, -0.25) is 4.98 Å². The van der Waals surface area contributed by atoms with E-state index in [4.69, 9.17) is 4.74 Å². The van der Waals surface area contributed by atoms with Crippen LogP contribution in [0.4, 0.5) is 10.3 Å². The Kier molecular flexibility index (Phi) is 5.76. The van der Waals surface area contributed by atoms with Gasteiger partial charge < -0.3 is 10.1 Å². The first-order chi connectivity index (χ1) is 14.5. The van der Waals surface area contributed by atoms with E-state index < -0.39 is 11.4 Å². The van der Waals surface area contributed by atoms with Crippen LogP contribution in [0.2, 0.25) is 0 Å². The van der Waals surface area contributed by atoms with Gasteiger partial charge in [0.2, 0.25) is 5.95 Å². The lowest BCUT2D eigenvalue weighted by molar-refractivity contribution is 0.0670. The normalized spacial score (nSPS) is 15.7. The third-order valence-corrected chi connectivity index (χ3v) is 5.33. The summed E-state index contributed by atoms with van der Waals surface area (Å²) in [5, 5.41) is 3.09. The highest BCUT2D eigenvalue weighted by molar-refractivity contribution is 5.64. The molecule has 0 bridgehead atoms. The highest BCUT2D eigenvalue weighted by Crippen LogP contribution is 2.25. The van der Waals surface area contributed by atoms with Gasteiger partial charge >= 0.3 is 11.4 Å². The lowest BCUT2D eigenvalue weighted by Gasteiger charge is -2.23. The van der Waals surface area contributed by atoms with E-state index in [1.807, 2.05) is 31.2 Å². The number of hydrogen-bond donors (Lipinski definition) is 2. The monoisotopic (exact) mass is 410 g/mol. The Bertz CT molecular complexity index is 1100. The van der Waals surface area contributed by atoms with Gasteiger partial charge in [0.25, 0.3) is 0 Å². The number of nitrogens with one attached hydrogen (secondary N) is 2. The smallest absolute Gasteiger partial charge is 0.355 e. The van der Waals surface area contributed by atoms with E-state index in [9.17, 15) is 14.0 Å². The molecule has 30 heavy (non-hydrogen) atoms. The molecular weight excluding hydrogens is 387 g/mol. The third-order valence-electron chi connectivity index (χ3n) is 5.33. The molecule has 3 aromatic rings. The minimum atomic E-state index is -0.569. The topological polar surface area (TPSA) is 89.0 Å². The molecule has 0 saturated carbocycles. The number of H-pyrrole nitrogens is 1. The summed E-state index contributed by atoms with van der Waals surface area (Å²) in [6.45, 7) is 2.96. The van der Waals surface area contributed by atoms with E-state index in [-0.39, 0.29) is 23.8 Å². The summed E-state index contributed by atoms with van der Waals surface area (Å²) in [5.41, 5.74) is 1.73. The minimum Gasteiger partial charge on any atom is -0.381 e. The van der Waals surface area contributed by atoms with E-state index in [2.05, 4.69) is 15.3 Å². The van der Waals surface area contributed by atoms with Crippen LogP contribution in [0.25, 0.3) is 11.1 Å². The van der Waals surface area contributed by atoms with Crippen molar-refractivity contribution in [2.75, 3.05) is 18.5 Å². The van der Waals surface area contributed by atoms with E-state index >= 15 is 0 Å². The molecule has 2 N–H and O–H groups in total. The van der Waals surface area contributed by atoms with Gasteiger partial charge in [0, 0.05) is 19.3 Å². The average Bonchev–Trinajstić information content (AvgIpc) is 2.74. The van der Waals surface area contributed by atoms with Crippen LogP contribution < -0.4 is 16.7 Å². The second kappa shape index (κ2) is 8.62. The van der Waals surface area contributed by atoms with Gasteiger partial charge in [0.15, 0.2) is 0 Å². The van der Waals surface area contributed by atoms with Gasteiger partial charge in [-0.15, -0.1) is 0 Å². The van der Waals surface area contributed by atoms with Crippen molar-refractivity contribution in [2.24, 2.45) is 0 Å². The highest BCUT2D eigenvalue weighted by atomic mass is 19.1. The van der Waals surface area contributed by atoms with Crippen molar-refractivity contribution in [1.82, 2.24) is 14.5 Å². The molecule has 0 spiro atoms. The summed E-state index contributed by atoms with van der Waals surface area (Å²) in [6, 6.07) is 13.6. The van der Waals surface area contributed by atoms with Gasteiger partial charge in [-0.1, -0.05) is 30.3 Å². The molecule has 2 aromatic carbocycles. The van der Waals surface area contributed by atoms with E-state index in [1.54, 1.807) is 12.1 Å². The van der Waals surface area contributed by atoms with Crippen molar-refractivity contribution >= 4 is 5.95 Å². The summed E-state index contributed by atoms with van der Waals surface area (Å²) < 4.78 is 19.7. The lowest BCUT2D eigenvalue weighted by atomic mass is 10.0. The molecule has 4 rings (SSSR count). The zero-order chi connectivity index (χ0) is 21.1. The summed E-state index contributed by atoms with van der Waals surface area (Å²) in [7, 11) is 0. The number of ether oxygens (including phenoxy) is 1. The number of rotatable bonds is 5. The zero-order valence-corrected chi connectivity index (χ0v) is 16.6. The van der Waals surface area contributed by atoms with Crippen LogP contribution in [-0.4, -0.2) is 27.7 Å². The first-order valence-corrected chi connectivity index (χ1v) is 9.94. The van der Waals surface area contributed by atoms with Crippen molar-refractivity contribution < 1.29 is 9.13 Å². The molecule has 0 amide bonds. The predicted octanol–water partition coefficient (Wildman–Crippen LogP) is 3.26. The molecule has 1 fully saturated rings. The quantitative estimate of drug-likeness (QED) is 0.674. The summed E-state index contributed by atoms with van der Waals surface area (Å²) in [6.07, 6.45) is 1.23. The maximum Gasteiger partial charge on any atom is 0.355 e. The van der Waals surface area contributed by atoms with Gasteiger partial charge in [0.1, 0.15) is 5.82 Å². The molecule has 0 radical (unpaired) electrons. The second-order valence-electron chi connectivity index (χ2n) is 7.39. The maximum atomic E-state index is 13.2. The van der Waals surface area contributed by atoms with Crippen molar-refractivity contribution in [3.63, 3.8) is 0 Å². The number of nitrogens with zero attached hydrogens (tertiary/aromatic N) is 2. The van der Waals surface area contributed by atoms with Crippen molar-refractivity contribution in [2.45, 2.75) is 31.8 Å². The summed E-state index contributed by atoms with van der Waals surface area (Å²) in [4.78, 5) is 31.7. The van der Waals surface area contributed by atoms with E-state index in [1.165, 1.54) is 16.7 Å². The molecule has 2 heterocycles. The van der Waals surface area contributed by atoms with Crippen LogP contribution in [-0.2, 0) is 4.74 Å². The van der Waals surface area contributed by atoms with Crippen molar-refractivity contribution in [3.8, 4) is 11.1 Å². The molecule has 1 aromatic heterocycles. The number of hydrogen-bond acceptors (Lipinski definition) is 5. The standard InChI is InChI=1S/C22H23FN4O3/c1-14(16-3-2-4-17(13-16)15-5-7-18(23)8-6-15)24-20-25-21(28)27(22(29)26-20)19-9-11-30-12-10-19/h2-8,13-14,19H,9-12H2,1H3,(H2,24,25,26,28,29)/t14-/m0/s1. The second-order valence-corrected chi connectivity index (χ2v) is 7.39. The summed E-state index contributed by atoms with van der Waals surface area (Å²) >= 11 is 0. The molecule has 0 unspecified atom stereocenters. The zero-order valence-electron chi connectivity index (χ0n) is 16.6. The first-order valence-electron chi connectivity index (χ1n) is 9.94. The van der Waals surface area contributed by atoms with Crippen LogP contribution in [0.1, 0.15) is 37.4 Å². The summed E-state index contributed by atoms with van der Waals surface area (Å²) in [5.74, 6) is -0.150. The number of benzene rings is 2. The molecular formula is C22H23FN4O3. The lowest BCUT2D eigenvalue weighted by Crippen LogP contribution is -2.42. The Labute approximate surface area is 172 Å². The van der Waals surface area contributed by atoms with Crippen LogP contribution in [0.3, 0.4) is 0 Å². The molecule has 1 aliphatic rings. The first kappa shape index (κ1) is 20.0. The number of aromatic nitrogens is 3. The SMILES string of the molecule is C[C@H](Nc1nc(=O)n(C2CCOCC2)c(=O)[nH]1)c1cccc(-c2ccc(F)cc2)c1. The molecule has 0 aliphatic carbocycles. The van der Waals surface area contributed by atoms with Crippen molar-refractivity contribution in [3.05, 3.63) is 80.9 Å². The molecule has 8 heteroatoms. The van der Waals surface area contributed by atoms with Gasteiger partial charge in [-0.05, 0) is 54.7 Å². The molecule has 1 atom stereocenters. The molecule has 156 valence electrons. The Morgan fingerprint density at radius 3 is 2.57 bits per heavy atom. The number of halogens is 1. The Morgan fingerprint density at radius 1 is 1.13 bits per heavy atom. The fraction of sp³-hybridized carbons (Fsp3) is 0.318.